The number of sulfonamides is 1. The van der Waals surface area contributed by atoms with Gasteiger partial charge in [-0.05, 0) is 49.2 Å². The van der Waals surface area contributed by atoms with Gasteiger partial charge in [0.1, 0.15) is 13.2 Å². The summed E-state index contributed by atoms with van der Waals surface area (Å²) in [6.07, 6.45) is 0.847. The number of ether oxygens (including phenoxy) is 2. The number of piperidine rings is 1. The molecule has 0 bridgehead atoms. The molecule has 2 heterocycles. The Hall–Kier alpha value is -3.11. The summed E-state index contributed by atoms with van der Waals surface area (Å²) < 4.78 is 38.5. The summed E-state index contributed by atoms with van der Waals surface area (Å²) in [5, 5.41) is 2.86. The Bertz CT molecular complexity index is 1140. The minimum absolute atomic E-state index is 0.112. The maximum Gasteiger partial charge on any atom is 0.253 e. The van der Waals surface area contributed by atoms with E-state index < -0.39 is 10.0 Å². The number of benzene rings is 2. The standard InChI is InChI=1S/C23H27N3O6S/c1-25(2)23(28)17-3-5-18(6-4-17)24-22(27)16-9-11-26(12-10-16)33(29,30)19-7-8-20-21(15-19)32-14-13-31-20/h3-8,15-16H,9-14H2,1-2H3,(H,24,27). The first-order valence-corrected chi connectivity index (χ1v) is 12.2. The monoisotopic (exact) mass is 473 g/mol. The number of nitrogens with one attached hydrogen (secondary N) is 1. The number of nitrogens with zero attached hydrogens (tertiary/aromatic N) is 2. The lowest BCUT2D eigenvalue weighted by Gasteiger charge is -2.30. The maximum absolute atomic E-state index is 13.1. The second-order valence-corrected chi connectivity index (χ2v) is 10.2. The van der Waals surface area contributed by atoms with E-state index in [0.717, 1.165) is 0 Å². The van der Waals surface area contributed by atoms with Gasteiger partial charge >= 0.3 is 0 Å². The van der Waals surface area contributed by atoms with Gasteiger partial charge in [-0.15, -0.1) is 0 Å². The van der Waals surface area contributed by atoms with Gasteiger partial charge in [-0.3, -0.25) is 9.59 Å². The number of hydrogen-bond acceptors (Lipinski definition) is 6. The van der Waals surface area contributed by atoms with E-state index >= 15 is 0 Å². The molecule has 2 aliphatic rings. The summed E-state index contributed by atoms with van der Waals surface area (Å²) in [5.41, 5.74) is 1.14. The molecule has 2 aromatic rings. The molecule has 2 amide bonds. The summed E-state index contributed by atoms with van der Waals surface area (Å²) in [5.74, 6) is 0.405. The highest BCUT2D eigenvalue weighted by atomic mass is 32.2. The molecule has 4 rings (SSSR count). The van der Waals surface area contributed by atoms with Gasteiger partial charge in [-0.1, -0.05) is 0 Å². The zero-order chi connectivity index (χ0) is 23.6. The number of anilines is 1. The van der Waals surface area contributed by atoms with Crippen LogP contribution in [0.4, 0.5) is 5.69 Å². The zero-order valence-electron chi connectivity index (χ0n) is 18.6. The summed E-state index contributed by atoms with van der Waals surface area (Å²) in [7, 11) is -0.335. The van der Waals surface area contributed by atoms with Crippen molar-refractivity contribution < 1.29 is 27.5 Å². The van der Waals surface area contributed by atoms with Crippen LogP contribution < -0.4 is 14.8 Å². The molecule has 9 nitrogen and oxygen atoms in total. The molecule has 0 atom stereocenters. The molecule has 1 fully saturated rings. The van der Waals surface area contributed by atoms with Crippen LogP contribution in [0, 0.1) is 5.92 Å². The largest absolute Gasteiger partial charge is 0.486 e. The lowest BCUT2D eigenvalue weighted by atomic mass is 9.97. The third-order valence-corrected chi connectivity index (χ3v) is 7.68. The van der Waals surface area contributed by atoms with Gasteiger partial charge in [0, 0.05) is 50.4 Å². The first-order chi connectivity index (χ1) is 15.8. The van der Waals surface area contributed by atoms with Crippen molar-refractivity contribution in [2.45, 2.75) is 17.7 Å². The molecule has 0 unspecified atom stereocenters. The van der Waals surface area contributed by atoms with Crippen LogP contribution in [0.5, 0.6) is 11.5 Å². The minimum Gasteiger partial charge on any atom is -0.486 e. The molecule has 0 aromatic heterocycles. The van der Waals surface area contributed by atoms with E-state index in [-0.39, 0.29) is 35.7 Å². The van der Waals surface area contributed by atoms with Gasteiger partial charge in [0.15, 0.2) is 11.5 Å². The van der Waals surface area contributed by atoms with E-state index in [1.165, 1.54) is 21.3 Å². The fourth-order valence-corrected chi connectivity index (χ4v) is 5.38. The van der Waals surface area contributed by atoms with E-state index in [1.54, 1.807) is 44.4 Å². The number of carbonyl (C=O) groups is 2. The fraction of sp³-hybridized carbons (Fsp3) is 0.391. The van der Waals surface area contributed by atoms with Crippen LogP contribution in [0.1, 0.15) is 23.2 Å². The SMILES string of the molecule is CN(C)C(=O)c1ccc(NC(=O)C2CCN(S(=O)(=O)c3ccc4c(c3)OCCO4)CC2)cc1. The normalized spacial score (nSPS) is 16.8. The second kappa shape index (κ2) is 9.40. The van der Waals surface area contributed by atoms with Crippen molar-refractivity contribution in [2.24, 2.45) is 5.92 Å². The van der Waals surface area contributed by atoms with Crippen molar-refractivity contribution in [3.05, 3.63) is 48.0 Å². The summed E-state index contributed by atoms with van der Waals surface area (Å²) >= 11 is 0. The Morgan fingerprint density at radius 2 is 1.61 bits per heavy atom. The Morgan fingerprint density at radius 3 is 2.24 bits per heavy atom. The Kier molecular flexibility index (Phi) is 6.57. The molecule has 0 saturated carbocycles. The molecule has 0 aliphatic carbocycles. The molecule has 0 radical (unpaired) electrons. The number of rotatable bonds is 5. The lowest BCUT2D eigenvalue weighted by molar-refractivity contribution is -0.120. The predicted molar refractivity (Wildman–Crippen MR) is 122 cm³/mol. The number of hydrogen-bond donors (Lipinski definition) is 1. The highest BCUT2D eigenvalue weighted by Crippen LogP contribution is 2.34. The number of fused-ring (bicyclic) bond motifs is 1. The molecule has 1 N–H and O–H groups in total. The Balaban J connectivity index is 1.35. The van der Waals surface area contributed by atoms with Crippen molar-refractivity contribution in [3.8, 4) is 11.5 Å². The number of amides is 2. The Morgan fingerprint density at radius 1 is 0.970 bits per heavy atom. The predicted octanol–water partition coefficient (Wildman–Crippen LogP) is 2.20. The first-order valence-electron chi connectivity index (χ1n) is 10.8. The molecular formula is C23H27N3O6S. The zero-order valence-corrected chi connectivity index (χ0v) is 19.4. The first kappa shape index (κ1) is 23.1. The van der Waals surface area contributed by atoms with Crippen LogP contribution >= 0.6 is 0 Å². The van der Waals surface area contributed by atoms with Gasteiger partial charge in [0.25, 0.3) is 5.91 Å². The van der Waals surface area contributed by atoms with E-state index in [2.05, 4.69) is 5.32 Å². The van der Waals surface area contributed by atoms with Crippen molar-refractivity contribution in [1.29, 1.82) is 0 Å². The molecule has 2 aliphatic heterocycles. The van der Waals surface area contributed by atoms with Crippen molar-refractivity contribution >= 4 is 27.5 Å². The average molecular weight is 474 g/mol. The van der Waals surface area contributed by atoms with Crippen LogP contribution in [0.3, 0.4) is 0 Å². The topological polar surface area (TPSA) is 105 Å². The Labute approximate surface area is 193 Å². The van der Waals surface area contributed by atoms with Crippen LogP contribution in [0.25, 0.3) is 0 Å². The lowest BCUT2D eigenvalue weighted by Crippen LogP contribution is -2.41. The van der Waals surface area contributed by atoms with Crippen molar-refractivity contribution in [2.75, 3.05) is 45.7 Å². The third kappa shape index (κ3) is 4.96. The second-order valence-electron chi connectivity index (χ2n) is 8.25. The summed E-state index contributed by atoms with van der Waals surface area (Å²) in [4.78, 5) is 26.3. The van der Waals surface area contributed by atoms with E-state index in [0.29, 0.717) is 48.8 Å². The van der Waals surface area contributed by atoms with Gasteiger partial charge in [0.05, 0.1) is 4.90 Å². The van der Waals surface area contributed by atoms with Crippen molar-refractivity contribution in [3.63, 3.8) is 0 Å². The van der Waals surface area contributed by atoms with Crippen LogP contribution in [-0.2, 0) is 14.8 Å². The number of carbonyl (C=O) groups excluding carboxylic acids is 2. The molecule has 0 spiro atoms. The molecule has 176 valence electrons. The van der Waals surface area contributed by atoms with E-state index in [4.69, 9.17) is 9.47 Å². The van der Waals surface area contributed by atoms with E-state index in [1.807, 2.05) is 0 Å². The molecule has 10 heteroatoms. The molecule has 1 saturated heterocycles. The van der Waals surface area contributed by atoms with Crippen LogP contribution in [0.2, 0.25) is 0 Å². The molecular weight excluding hydrogens is 446 g/mol. The molecule has 2 aromatic carbocycles. The van der Waals surface area contributed by atoms with Gasteiger partial charge in [-0.2, -0.15) is 4.31 Å². The third-order valence-electron chi connectivity index (χ3n) is 5.78. The highest BCUT2D eigenvalue weighted by molar-refractivity contribution is 7.89. The van der Waals surface area contributed by atoms with Crippen molar-refractivity contribution in [1.82, 2.24) is 9.21 Å². The molecule has 33 heavy (non-hydrogen) atoms. The van der Waals surface area contributed by atoms with Crippen LogP contribution in [-0.4, -0.2) is 69.8 Å². The quantitative estimate of drug-likeness (QED) is 0.714. The average Bonchev–Trinajstić information content (AvgIpc) is 2.83. The highest BCUT2D eigenvalue weighted by Gasteiger charge is 2.33. The maximum atomic E-state index is 13.1. The van der Waals surface area contributed by atoms with Gasteiger partial charge < -0.3 is 19.7 Å². The minimum atomic E-state index is -3.69. The summed E-state index contributed by atoms with van der Waals surface area (Å²) in [6, 6.07) is 11.3. The van der Waals surface area contributed by atoms with E-state index in [9.17, 15) is 18.0 Å². The van der Waals surface area contributed by atoms with Crippen LogP contribution in [0.15, 0.2) is 47.4 Å². The fourth-order valence-electron chi connectivity index (χ4n) is 3.89. The van der Waals surface area contributed by atoms with Gasteiger partial charge in [0.2, 0.25) is 15.9 Å². The summed E-state index contributed by atoms with van der Waals surface area (Å²) in [6.45, 7) is 1.33. The smallest absolute Gasteiger partial charge is 0.253 e. The van der Waals surface area contributed by atoms with Gasteiger partial charge in [-0.25, -0.2) is 8.42 Å².